The van der Waals surface area contributed by atoms with E-state index in [2.05, 4.69) is 21.9 Å². The second kappa shape index (κ2) is 8.16. The number of fused-ring (bicyclic) bond motifs is 2. The Bertz CT molecular complexity index is 1320. The molecule has 164 valence electrons. The number of likely N-dealkylation sites (tertiary alicyclic amines) is 1. The Morgan fingerprint density at radius 2 is 1.59 bits per heavy atom. The van der Waals surface area contributed by atoms with Crippen molar-refractivity contribution in [2.24, 2.45) is 0 Å². The molecule has 32 heavy (non-hydrogen) atoms. The van der Waals surface area contributed by atoms with Crippen molar-refractivity contribution in [2.45, 2.75) is 32.2 Å². The third kappa shape index (κ3) is 3.65. The number of esters is 2. The summed E-state index contributed by atoms with van der Waals surface area (Å²) in [6.07, 6.45) is 6.97. The fourth-order valence-electron chi connectivity index (χ4n) is 4.64. The summed E-state index contributed by atoms with van der Waals surface area (Å²) < 4.78 is 10.9. The SMILES string of the molecule is Cc1c[nH]c2cccc(OC(=O)C(=O)Oc3cccc4[nH]cc(C[C@H]5CCCN5C)c34)c12. The highest BCUT2D eigenvalue weighted by Gasteiger charge is 2.25. The van der Waals surface area contributed by atoms with E-state index in [1.54, 1.807) is 24.3 Å². The molecule has 0 saturated carbocycles. The minimum absolute atomic E-state index is 0.327. The van der Waals surface area contributed by atoms with Crippen LogP contribution in [0.4, 0.5) is 0 Å². The highest BCUT2D eigenvalue weighted by molar-refractivity contribution is 6.31. The summed E-state index contributed by atoms with van der Waals surface area (Å²) in [7, 11) is 2.14. The van der Waals surface area contributed by atoms with Gasteiger partial charge in [0.05, 0.1) is 0 Å². The standard InChI is InChI=1S/C25H25N3O4/c1-15-13-26-18-7-3-9-20(22(15)18)31-24(29)25(30)32-21-10-4-8-19-23(21)16(14-27-19)12-17-6-5-11-28(17)2/h3-4,7-10,13-14,17,26-27H,5-6,11-12H2,1-2H3/t17-/m1/s1. The van der Waals surface area contributed by atoms with Gasteiger partial charge in [-0.1, -0.05) is 12.1 Å². The van der Waals surface area contributed by atoms with Crippen LogP contribution in [0.3, 0.4) is 0 Å². The Morgan fingerprint density at radius 3 is 2.25 bits per heavy atom. The van der Waals surface area contributed by atoms with Gasteiger partial charge in [-0.15, -0.1) is 0 Å². The minimum Gasteiger partial charge on any atom is -0.417 e. The van der Waals surface area contributed by atoms with Crippen LogP contribution < -0.4 is 9.47 Å². The number of carbonyl (C=O) groups is 2. The van der Waals surface area contributed by atoms with Gasteiger partial charge in [0.25, 0.3) is 0 Å². The van der Waals surface area contributed by atoms with E-state index in [0.717, 1.165) is 52.3 Å². The number of carbonyl (C=O) groups excluding carboxylic acids is 2. The lowest BCUT2D eigenvalue weighted by atomic mass is 10.0. The van der Waals surface area contributed by atoms with E-state index in [4.69, 9.17) is 9.47 Å². The second-order valence-corrected chi connectivity index (χ2v) is 8.40. The van der Waals surface area contributed by atoms with E-state index < -0.39 is 11.9 Å². The quantitative estimate of drug-likeness (QED) is 0.289. The van der Waals surface area contributed by atoms with Gasteiger partial charge >= 0.3 is 11.9 Å². The predicted octanol–water partition coefficient (Wildman–Crippen LogP) is 4.11. The van der Waals surface area contributed by atoms with Gasteiger partial charge < -0.3 is 24.3 Å². The number of likely N-dealkylation sites (N-methyl/N-ethyl adjacent to an activating group) is 1. The molecule has 1 aliphatic heterocycles. The van der Waals surface area contributed by atoms with Gasteiger partial charge in [-0.3, -0.25) is 0 Å². The molecule has 7 nitrogen and oxygen atoms in total. The molecule has 0 bridgehead atoms. The first-order valence-electron chi connectivity index (χ1n) is 10.8. The maximum Gasteiger partial charge on any atom is 0.423 e. The van der Waals surface area contributed by atoms with E-state index in [1.807, 2.05) is 31.5 Å². The first-order valence-corrected chi connectivity index (χ1v) is 10.8. The van der Waals surface area contributed by atoms with Gasteiger partial charge in [0.15, 0.2) is 0 Å². The second-order valence-electron chi connectivity index (χ2n) is 8.40. The van der Waals surface area contributed by atoms with Crippen molar-refractivity contribution in [2.75, 3.05) is 13.6 Å². The van der Waals surface area contributed by atoms with Crippen molar-refractivity contribution < 1.29 is 19.1 Å². The zero-order valence-corrected chi connectivity index (χ0v) is 18.1. The van der Waals surface area contributed by atoms with Crippen molar-refractivity contribution >= 4 is 33.7 Å². The number of hydrogen-bond donors (Lipinski definition) is 2. The lowest BCUT2D eigenvalue weighted by Crippen LogP contribution is -2.27. The third-order valence-corrected chi connectivity index (χ3v) is 6.31. The largest absolute Gasteiger partial charge is 0.423 e. The number of nitrogens with zero attached hydrogens (tertiary/aromatic N) is 1. The van der Waals surface area contributed by atoms with Gasteiger partial charge in [-0.05, 0) is 75.2 Å². The molecule has 7 heteroatoms. The number of hydrogen-bond acceptors (Lipinski definition) is 5. The molecule has 3 heterocycles. The van der Waals surface area contributed by atoms with Crippen LogP contribution in [0, 0.1) is 6.92 Å². The highest BCUT2D eigenvalue weighted by Crippen LogP contribution is 2.32. The molecule has 0 spiro atoms. The van der Waals surface area contributed by atoms with Crippen LogP contribution in [0.1, 0.15) is 24.0 Å². The molecule has 1 aliphatic rings. The fourth-order valence-corrected chi connectivity index (χ4v) is 4.64. The summed E-state index contributed by atoms with van der Waals surface area (Å²) in [4.78, 5) is 33.9. The van der Waals surface area contributed by atoms with Crippen LogP contribution in [0.5, 0.6) is 11.5 Å². The molecule has 0 radical (unpaired) electrons. The maximum atomic E-state index is 12.6. The lowest BCUT2D eigenvalue weighted by molar-refractivity contribution is -0.156. The van der Waals surface area contributed by atoms with E-state index >= 15 is 0 Å². The number of rotatable bonds is 4. The van der Waals surface area contributed by atoms with Gasteiger partial charge in [0.1, 0.15) is 11.5 Å². The molecule has 1 atom stereocenters. The molecule has 1 fully saturated rings. The normalized spacial score (nSPS) is 16.6. The summed E-state index contributed by atoms with van der Waals surface area (Å²) >= 11 is 0. The lowest BCUT2D eigenvalue weighted by Gasteiger charge is -2.19. The van der Waals surface area contributed by atoms with Gasteiger partial charge in [-0.25, -0.2) is 9.59 Å². The van der Waals surface area contributed by atoms with Crippen LogP contribution in [0.2, 0.25) is 0 Å². The summed E-state index contributed by atoms with van der Waals surface area (Å²) in [6.45, 7) is 3.00. The fraction of sp³-hybridized carbons (Fsp3) is 0.280. The molecule has 2 aromatic heterocycles. The molecular weight excluding hydrogens is 406 g/mol. The summed E-state index contributed by atoms with van der Waals surface area (Å²) in [5, 5.41) is 1.60. The Morgan fingerprint density at radius 1 is 0.969 bits per heavy atom. The Kier molecular flexibility index (Phi) is 5.19. The number of H-pyrrole nitrogens is 2. The summed E-state index contributed by atoms with van der Waals surface area (Å²) in [5.41, 5.74) is 3.70. The molecule has 5 rings (SSSR count). The summed E-state index contributed by atoms with van der Waals surface area (Å²) in [6, 6.07) is 11.2. The van der Waals surface area contributed by atoms with Crippen molar-refractivity contribution in [1.82, 2.24) is 14.9 Å². The molecule has 2 N–H and O–H groups in total. The number of aromatic nitrogens is 2. The van der Waals surface area contributed by atoms with Gasteiger partial charge in [0.2, 0.25) is 0 Å². The van der Waals surface area contributed by atoms with Crippen LogP contribution in [0.25, 0.3) is 21.8 Å². The van der Waals surface area contributed by atoms with Crippen LogP contribution in [-0.2, 0) is 16.0 Å². The van der Waals surface area contributed by atoms with Crippen molar-refractivity contribution in [3.05, 3.63) is 59.9 Å². The van der Waals surface area contributed by atoms with E-state index in [9.17, 15) is 9.59 Å². The van der Waals surface area contributed by atoms with Crippen LogP contribution >= 0.6 is 0 Å². The number of nitrogens with one attached hydrogen (secondary N) is 2. The molecule has 1 saturated heterocycles. The minimum atomic E-state index is -1.05. The third-order valence-electron chi connectivity index (χ3n) is 6.31. The number of ether oxygens (including phenoxy) is 2. The zero-order chi connectivity index (χ0) is 22.2. The van der Waals surface area contributed by atoms with Crippen LogP contribution in [-0.4, -0.2) is 46.4 Å². The van der Waals surface area contributed by atoms with Crippen molar-refractivity contribution in [1.29, 1.82) is 0 Å². The molecule has 4 aromatic rings. The van der Waals surface area contributed by atoms with E-state index in [1.165, 1.54) is 6.42 Å². The predicted molar refractivity (Wildman–Crippen MR) is 122 cm³/mol. The van der Waals surface area contributed by atoms with E-state index in [-0.39, 0.29) is 0 Å². The van der Waals surface area contributed by atoms with E-state index in [0.29, 0.717) is 17.5 Å². The number of benzene rings is 2. The molecule has 0 unspecified atom stereocenters. The van der Waals surface area contributed by atoms with Gasteiger partial charge in [0, 0.05) is 40.2 Å². The van der Waals surface area contributed by atoms with Crippen LogP contribution in [0.15, 0.2) is 48.8 Å². The topological polar surface area (TPSA) is 87.4 Å². The first kappa shape index (κ1) is 20.3. The molecule has 2 aromatic carbocycles. The average molecular weight is 431 g/mol. The monoisotopic (exact) mass is 431 g/mol. The average Bonchev–Trinajstić information content (AvgIpc) is 3.49. The number of aryl methyl sites for hydroxylation is 1. The first-order chi connectivity index (χ1) is 15.5. The summed E-state index contributed by atoms with van der Waals surface area (Å²) in [5.74, 6) is -1.42. The molecular formula is C25H25N3O4. The number of aromatic amines is 2. The Hall–Kier alpha value is -3.58. The zero-order valence-electron chi connectivity index (χ0n) is 18.1. The Balaban J connectivity index is 1.38. The van der Waals surface area contributed by atoms with Crippen molar-refractivity contribution in [3.8, 4) is 11.5 Å². The maximum absolute atomic E-state index is 12.6. The molecule has 0 amide bonds. The van der Waals surface area contributed by atoms with Crippen molar-refractivity contribution in [3.63, 3.8) is 0 Å². The Labute approximate surface area is 185 Å². The van der Waals surface area contributed by atoms with Gasteiger partial charge in [-0.2, -0.15) is 0 Å². The highest BCUT2D eigenvalue weighted by atomic mass is 16.6. The smallest absolute Gasteiger partial charge is 0.417 e. The molecule has 0 aliphatic carbocycles.